The molecule has 0 saturated carbocycles. The Labute approximate surface area is 165 Å². The normalized spacial score (nSPS) is 16.4. The number of anilines is 1. The van der Waals surface area contributed by atoms with E-state index in [9.17, 15) is 5.11 Å². The Morgan fingerprint density at radius 1 is 1.30 bits per heavy atom. The van der Waals surface area contributed by atoms with E-state index in [1.165, 1.54) is 5.56 Å². The Hall–Kier alpha value is -2.60. The second-order valence-electron chi connectivity index (χ2n) is 7.31. The molecule has 0 radical (unpaired) electrons. The lowest BCUT2D eigenvalue weighted by molar-refractivity contribution is 0.111. The lowest BCUT2D eigenvalue weighted by atomic mass is 9.92. The minimum Gasteiger partial charge on any atom is -0.508 e. The summed E-state index contributed by atoms with van der Waals surface area (Å²) in [6.45, 7) is 8.19. The average molecular weight is 384 g/mol. The van der Waals surface area contributed by atoms with Gasteiger partial charge in [0.15, 0.2) is 5.11 Å². The number of aryl methyl sites for hydroxylation is 2. The second kappa shape index (κ2) is 7.56. The highest BCUT2D eigenvalue weighted by Gasteiger charge is 2.31. The van der Waals surface area contributed by atoms with Crippen molar-refractivity contribution in [2.45, 2.75) is 46.1 Å². The molecule has 0 fully saturated rings. The topological polar surface area (TPSA) is 65.9 Å². The molecule has 3 N–H and O–H groups in total. The molecule has 142 valence electrons. The predicted octanol–water partition coefficient (Wildman–Crippen LogP) is 4.51. The summed E-state index contributed by atoms with van der Waals surface area (Å²) in [4.78, 5) is 0. The van der Waals surface area contributed by atoms with E-state index in [2.05, 4.69) is 41.8 Å². The molecule has 3 rings (SSSR count). The molecule has 2 aromatic carbocycles. The van der Waals surface area contributed by atoms with E-state index in [0.29, 0.717) is 17.3 Å². The van der Waals surface area contributed by atoms with Gasteiger partial charge >= 0.3 is 0 Å². The number of hydrazone groups is 1. The molecular formula is C21H25N3O2S. The summed E-state index contributed by atoms with van der Waals surface area (Å²) in [5.41, 5.74) is 7.48. The Balaban J connectivity index is 1.82. The van der Waals surface area contributed by atoms with Crippen LogP contribution in [0.2, 0.25) is 0 Å². The number of benzene rings is 2. The van der Waals surface area contributed by atoms with Gasteiger partial charge in [0, 0.05) is 17.7 Å². The number of aromatic hydroxyl groups is 1. The van der Waals surface area contributed by atoms with Gasteiger partial charge in [-0.05, 0) is 68.7 Å². The highest BCUT2D eigenvalue weighted by molar-refractivity contribution is 7.80. The first-order valence-electron chi connectivity index (χ1n) is 9.03. The summed E-state index contributed by atoms with van der Waals surface area (Å²) in [5, 5.41) is 18.0. The van der Waals surface area contributed by atoms with Crippen LogP contribution in [0, 0.1) is 6.92 Å². The fraction of sp³-hybridized carbons (Fsp3) is 0.333. The maximum atomic E-state index is 9.83. The van der Waals surface area contributed by atoms with Crippen molar-refractivity contribution in [2.75, 3.05) is 5.32 Å². The summed E-state index contributed by atoms with van der Waals surface area (Å²) in [5.74, 6) is 0.883. The smallest absolute Gasteiger partial charge is 0.191 e. The molecular weight excluding hydrogens is 358 g/mol. The molecule has 2 aromatic rings. The van der Waals surface area contributed by atoms with Crippen molar-refractivity contribution in [2.24, 2.45) is 5.10 Å². The fourth-order valence-electron chi connectivity index (χ4n) is 3.23. The third kappa shape index (κ3) is 4.39. The molecule has 0 unspecified atom stereocenters. The zero-order valence-corrected chi connectivity index (χ0v) is 16.9. The summed E-state index contributed by atoms with van der Waals surface area (Å²) < 4.78 is 5.98. The molecule has 1 aliphatic heterocycles. The molecule has 0 saturated heterocycles. The van der Waals surface area contributed by atoms with Crippen molar-refractivity contribution in [3.8, 4) is 11.5 Å². The van der Waals surface area contributed by atoms with Crippen LogP contribution in [0.3, 0.4) is 0 Å². The SMILES string of the molecule is CCc1cccc(C)c1NC(=S)N/N=C1\CC(C)(C)Oc2ccc(O)cc21. The number of rotatable bonds is 3. The molecule has 1 aliphatic rings. The van der Waals surface area contributed by atoms with E-state index < -0.39 is 0 Å². The van der Waals surface area contributed by atoms with Crippen LogP contribution in [0.25, 0.3) is 0 Å². The monoisotopic (exact) mass is 383 g/mol. The quantitative estimate of drug-likeness (QED) is 0.537. The zero-order chi connectivity index (χ0) is 19.6. The molecule has 0 aliphatic carbocycles. The number of phenolic OH excluding ortho intramolecular Hbond substituents is 1. The van der Waals surface area contributed by atoms with E-state index >= 15 is 0 Å². The number of nitrogens with zero attached hydrogens (tertiary/aromatic N) is 1. The molecule has 0 atom stereocenters. The molecule has 6 heteroatoms. The third-order valence-electron chi connectivity index (χ3n) is 4.52. The minimum atomic E-state index is -0.384. The number of fused-ring (bicyclic) bond motifs is 1. The third-order valence-corrected chi connectivity index (χ3v) is 4.72. The first-order valence-corrected chi connectivity index (χ1v) is 9.44. The van der Waals surface area contributed by atoms with Gasteiger partial charge in [-0.1, -0.05) is 25.1 Å². The molecule has 0 amide bonds. The van der Waals surface area contributed by atoms with Crippen LogP contribution >= 0.6 is 12.2 Å². The van der Waals surface area contributed by atoms with Crippen molar-refractivity contribution < 1.29 is 9.84 Å². The van der Waals surface area contributed by atoms with Gasteiger partial charge in [-0.3, -0.25) is 5.43 Å². The standard InChI is InChI=1S/C21H25N3O2S/c1-5-14-8-6-7-13(2)19(14)22-20(27)24-23-17-12-21(3,4)26-18-10-9-15(25)11-16(17)18/h6-11,25H,5,12H2,1-4H3,(H2,22,24,27)/b23-17+. The van der Waals surface area contributed by atoms with Crippen LogP contribution in [0.1, 0.15) is 43.9 Å². The van der Waals surface area contributed by atoms with Gasteiger partial charge in [0.25, 0.3) is 0 Å². The van der Waals surface area contributed by atoms with Gasteiger partial charge < -0.3 is 15.2 Å². The molecule has 0 spiro atoms. The van der Waals surface area contributed by atoms with Crippen molar-refractivity contribution >= 4 is 28.7 Å². The number of thiocarbonyl (C=S) groups is 1. The number of hydrogen-bond acceptors (Lipinski definition) is 4. The van der Waals surface area contributed by atoms with Crippen LogP contribution in [0.5, 0.6) is 11.5 Å². The van der Waals surface area contributed by atoms with E-state index in [1.54, 1.807) is 18.2 Å². The number of phenols is 1. The van der Waals surface area contributed by atoms with E-state index in [0.717, 1.165) is 28.9 Å². The summed E-state index contributed by atoms with van der Waals surface area (Å²) in [6, 6.07) is 11.2. The highest BCUT2D eigenvalue weighted by atomic mass is 32.1. The molecule has 5 nitrogen and oxygen atoms in total. The Morgan fingerprint density at radius 2 is 2.07 bits per heavy atom. The molecule has 27 heavy (non-hydrogen) atoms. The van der Waals surface area contributed by atoms with Crippen molar-refractivity contribution in [3.63, 3.8) is 0 Å². The van der Waals surface area contributed by atoms with Crippen LogP contribution < -0.4 is 15.5 Å². The van der Waals surface area contributed by atoms with Crippen molar-refractivity contribution in [1.82, 2.24) is 5.43 Å². The van der Waals surface area contributed by atoms with Gasteiger partial charge in [0.05, 0.1) is 5.71 Å². The maximum absolute atomic E-state index is 9.83. The van der Waals surface area contributed by atoms with E-state index in [4.69, 9.17) is 17.0 Å². The first-order chi connectivity index (χ1) is 12.8. The van der Waals surface area contributed by atoms with Crippen LogP contribution in [-0.2, 0) is 6.42 Å². The van der Waals surface area contributed by atoms with E-state index in [-0.39, 0.29) is 11.4 Å². The van der Waals surface area contributed by atoms with Gasteiger partial charge in [0.2, 0.25) is 0 Å². The van der Waals surface area contributed by atoms with Gasteiger partial charge in [-0.2, -0.15) is 5.10 Å². The number of ether oxygens (including phenoxy) is 1. The second-order valence-corrected chi connectivity index (χ2v) is 7.71. The first kappa shape index (κ1) is 19.2. The maximum Gasteiger partial charge on any atom is 0.191 e. The Morgan fingerprint density at radius 3 is 2.81 bits per heavy atom. The number of hydrogen-bond donors (Lipinski definition) is 3. The van der Waals surface area contributed by atoms with Crippen LogP contribution in [-0.4, -0.2) is 21.5 Å². The van der Waals surface area contributed by atoms with Gasteiger partial charge in [0.1, 0.15) is 17.1 Å². The summed E-state index contributed by atoms with van der Waals surface area (Å²) >= 11 is 5.44. The predicted molar refractivity (Wildman–Crippen MR) is 114 cm³/mol. The number of para-hydroxylation sites is 1. The largest absolute Gasteiger partial charge is 0.508 e. The molecule has 1 heterocycles. The zero-order valence-electron chi connectivity index (χ0n) is 16.1. The lowest BCUT2D eigenvalue weighted by Gasteiger charge is -2.33. The molecule has 0 bridgehead atoms. The van der Waals surface area contributed by atoms with Crippen LogP contribution in [0.4, 0.5) is 5.69 Å². The molecule has 0 aromatic heterocycles. The highest BCUT2D eigenvalue weighted by Crippen LogP contribution is 2.35. The Bertz CT molecular complexity index is 906. The Kier molecular flexibility index (Phi) is 5.37. The van der Waals surface area contributed by atoms with E-state index in [1.807, 2.05) is 19.9 Å². The van der Waals surface area contributed by atoms with Crippen LogP contribution in [0.15, 0.2) is 41.5 Å². The average Bonchev–Trinajstić information content (AvgIpc) is 2.61. The summed E-state index contributed by atoms with van der Waals surface area (Å²) in [6.07, 6.45) is 1.52. The van der Waals surface area contributed by atoms with Crippen molar-refractivity contribution in [1.29, 1.82) is 0 Å². The number of nitrogens with one attached hydrogen (secondary N) is 2. The van der Waals surface area contributed by atoms with Gasteiger partial charge in [-0.15, -0.1) is 0 Å². The minimum absolute atomic E-state index is 0.179. The summed E-state index contributed by atoms with van der Waals surface area (Å²) in [7, 11) is 0. The fourth-order valence-corrected chi connectivity index (χ4v) is 3.37. The van der Waals surface area contributed by atoms with Crippen molar-refractivity contribution in [3.05, 3.63) is 53.1 Å². The van der Waals surface area contributed by atoms with Gasteiger partial charge in [-0.25, -0.2) is 0 Å². The lowest BCUT2D eigenvalue weighted by Crippen LogP contribution is -2.37.